The van der Waals surface area contributed by atoms with E-state index in [4.69, 9.17) is 14.1 Å². The number of nitrogens with zero attached hydrogens (tertiary/aromatic N) is 4. The first-order valence-corrected chi connectivity index (χ1v) is 9.60. The van der Waals surface area contributed by atoms with Crippen LogP contribution in [-0.2, 0) is 29.0 Å². The number of fused-ring (bicyclic) bond motifs is 1. The number of ether oxygens (including phenoxy) is 1. The summed E-state index contributed by atoms with van der Waals surface area (Å²) in [5.41, 5.74) is 2.08. The van der Waals surface area contributed by atoms with Gasteiger partial charge in [-0.25, -0.2) is 4.98 Å². The van der Waals surface area contributed by atoms with E-state index in [-0.39, 0.29) is 5.91 Å². The van der Waals surface area contributed by atoms with Gasteiger partial charge in [-0.05, 0) is 37.6 Å². The van der Waals surface area contributed by atoms with Crippen LogP contribution in [0.15, 0.2) is 28.9 Å². The van der Waals surface area contributed by atoms with Crippen molar-refractivity contribution >= 4 is 5.91 Å². The number of amides is 1. The maximum absolute atomic E-state index is 12.7. The largest absolute Gasteiger partial charge is 0.445 e. The number of hydrogen-bond acceptors (Lipinski definition) is 6. The van der Waals surface area contributed by atoms with E-state index in [0.29, 0.717) is 25.6 Å². The van der Waals surface area contributed by atoms with E-state index >= 15 is 0 Å². The minimum absolute atomic E-state index is 0.132. The second-order valence-corrected chi connectivity index (χ2v) is 7.40. The first-order chi connectivity index (χ1) is 13.2. The van der Waals surface area contributed by atoms with Crippen LogP contribution in [0, 0.1) is 0 Å². The summed E-state index contributed by atoms with van der Waals surface area (Å²) in [6.07, 6.45) is 6.21. The third kappa shape index (κ3) is 4.36. The number of likely N-dealkylation sites (N-methyl/N-ethyl adjacent to an activating group) is 1. The molecule has 1 saturated heterocycles. The summed E-state index contributed by atoms with van der Waals surface area (Å²) in [7, 11) is 1.97. The van der Waals surface area contributed by atoms with Crippen molar-refractivity contribution < 1.29 is 13.9 Å². The van der Waals surface area contributed by atoms with Gasteiger partial charge < -0.3 is 14.1 Å². The van der Waals surface area contributed by atoms with Crippen molar-refractivity contribution in [1.29, 1.82) is 0 Å². The van der Waals surface area contributed by atoms with Gasteiger partial charge in [0.2, 0.25) is 5.91 Å². The molecule has 0 atom stereocenters. The second-order valence-electron chi connectivity index (χ2n) is 7.40. The zero-order valence-corrected chi connectivity index (χ0v) is 15.8. The molecule has 0 N–H and O–H groups in total. The molecule has 2 aromatic heterocycles. The van der Waals surface area contributed by atoms with Crippen LogP contribution >= 0.6 is 0 Å². The Bertz CT molecular complexity index is 771. The molecule has 4 heterocycles. The zero-order valence-electron chi connectivity index (χ0n) is 15.8. The van der Waals surface area contributed by atoms with Crippen LogP contribution in [0.2, 0.25) is 0 Å². The molecule has 1 amide bonds. The van der Waals surface area contributed by atoms with Crippen LogP contribution in [0.4, 0.5) is 0 Å². The Hall–Kier alpha value is -2.25. The summed E-state index contributed by atoms with van der Waals surface area (Å²) in [4.78, 5) is 25.4. The molecule has 7 nitrogen and oxygen atoms in total. The van der Waals surface area contributed by atoms with Crippen LogP contribution in [0.3, 0.4) is 0 Å². The van der Waals surface area contributed by atoms with Gasteiger partial charge in [-0.2, -0.15) is 0 Å². The van der Waals surface area contributed by atoms with Crippen molar-refractivity contribution in [1.82, 2.24) is 19.8 Å². The summed E-state index contributed by atoms with van der Waals surface area (Å²) in [5, 5.41) is 0. The average Bonchev–Trinajstić information content (AvgIpc) is 3.12. The summed E-state index contributed by atoms with van der Waals surface area (Å²) >= 11 is 0. The molecule has 0 bridgehead atoms. The molecular formula is C20H26N4O3. The summed E-state index contributed by atoms with van der Waals surface area (Å²) in [5.74, 6) is 2.26. The maximum atomic E-state index is 12.7. The quantitative estimate of drug-likeness (QED) is 0.801. The van der Waals surface area contributed by atoms with E-state index in [1.54, 1.807) is 12.4 Å². The molecule has 27 heavy (non-hydrogen) atoms. The number of pyridine rings is 1. The van der Waals surface area contributed by atoms with Gasteiger partial charge in [0, 0.05) is 51.0 Å². The summed E-state index contributed by atoms with van der Waals surface area (Å²) in [6, 6.07) is 3.95. The number of aromatic nitrogens is 2. The molecule has 0 radical (unpaired) electrons. The van der Waals surface area contributed by atoms with E-state index in [0.717, 1.165) is 61.9 Å². The number of hydrogen-bond donors (Lipinski definition) is 0. The average molecular weight is 370 g/mol. The summed E-state index contributed by atoms with van der Waals surface area (Å²) < 4.78 is 11.4. The highest BCUT2D eigenvalue weighted by Crippen LogP contribution is 2.30. The Morgan fingerprint density at radius 1 is 1.30 bits per heavy atom. The third-order valence-electron chi connectivity index (χ3n) is 5.27. The molecule has 2 aromatic rings. The molecule has 0 aliphatic carbocycles. The van der Waals surface area contributed by atoms with Crippen molar-refractivity contribution in [2.45, 2.75) is 38.3 Å². The van der Waals surface area contributed by atoms with E-state index in [1.165, 1.54) is 0 Å². The lowest BCUT2D eigenvalue weighted by Crippen LogP contribution is -2.41. The highest BCUT2D eigenvalue weighted by Gasteiger charge is 2.28. The second kappa shape index (κ2) is 8.19. The molecule has 0 aromatic carbocycles. The smallest absolute Gasteiger partial charge is 0.237 e. The monoisotopic (exact) mass is 370 g/mol. The number of carbonyl (C=O) groups is 1. The lowest BCUT2D eigenvalue weighted by atomic mass is 10.0. The van der Waals surface area contributed by atoms with Crippen molar-refractivity contribution in [3.63, 3.8) is 0 Å². The number of oxazole rings is 1. The van der Waals surface area contributed by atoms with Gasteiger partial charge in [-0.1, -0.05) is 0 Å². The fourth-order valence-corrected chi connectivity index (χ4v) is 3.74. The first kappa shape index (κ1) is 18.1. The van der Waals surface area contributed by atoms with Gasteiger partial charge in [-0.3, -0.25) is 14.7 Å². The Balaban J connectivity index is 1.34. The predicted molar refractivity (Wildman–Crippen MR) is 99.0 cm³/mol. The maximum Gasteiger partial charge on any atom is 0.237 e. The Labute approximate surface area is 159 Å². The summed E-state index contributed by atoms with van der Waals surface area (Å²) in [6.45, 7) is 3.90. The van der Waals surface area contributed by atoms with Crippen LogP contribution < -0.4 is 0 Å². The lowest BCUT2D eigenvalue weighted by molar-refractivity contribution is -0.133. The van der Waals surface area contributed by atoms with Crippen LogP contribution in [0.5, 0.6) is 0 Å². The highest BCUT2D eigenvalue weighted by atomic mass is 16.5. The molecule has 7 heteroatoms. The molecular weight excluding hydrogens is 344 g/mol. The van der Waals surface area contributed by atoms with Crippen molar-refractivity contribution in [3.8, 4) is 0 Å². The normalized spacial score (nSPS) is 17.9. The van der Waals surface area contributed by atoms with Gasteiger partial charge in [-0.15, -0.1) is 0 Å². The van der Waals surface area contributed by atoms with E-state index in [2.05, 4.69) is 4.98 Å². The first-order valence-electron chi connectivity index (χ1n) is 9.60. The van der Waals surface area contributed by atoms with Crippen molar-refractivity contribution in [2.75, 3.05) is 33.4 Å². The molecule has 2 aliphatic heterocycles. The van der Waals surface area contributed by atoms with Crippen LogP contribution in [0.1, 0.15) is 41.7 Å². The Kier molecular flexibility index (Phi) is 5.50. The molecule has 4 rings (SSSR count). The molecule has 0 saturated carbocycles. The van der Waals surface area contributed by atoms with Crippen LogP contribution in [-0.4, -0.2) is 59.0 Å². The van der Waals surface area contributed by atoms with Gasteiger partial charge in [0.25, 0.3) is 0 Å². The Morgan fingerprint density at radius 2 is 2.07 bits per heavy atom. The molecule has 1 fully saturated rings. The number of rotatable bonds is 5. The minimum Gasteiger partial charge on any atom is -0.445 e. The zero-order chi connectivity index (χ0) is 18.6. The van der Waals surface area contributed by atoms with Gasteiger partial charge in [0.1, 0.15) is 11.5 Å². The van der Waals surface area contributed by atoms with Gasteiger partial charge in [0.05, 0.1) is 13.1 Å². The van der Waals surface area contributed by atoms with Crippen molar-refractivity contribution in [2.24, 2.45) is 0 Å². The molecule has 0 unspecified atom stereocenters. The predicted octanol–water partition coefficient (Wildman–Crippen LogP) is 1.98. The molecule has 2 aliphatic rings. The van der Waals surface area contributed by atoms with E-state index < -0.39 is 0 Å². The third-order valence-corrected chi connectivity index (χ3v) is 5.27. The minimum atomic E-state index is 0.132. The van der Waals surface area contributed by atoms with E-state index in [1.807, 2.05) is 29.0 Å². The van der Waals surface area contributed by atoms with Gasteiger partial charge >= 0.3 is 0 Å². The fraction of sp³-hybridized carbons (Fsp3) is 0.550. The SMILES string of the molecule is CN(CC(=O)N1CCc2oc(C3CCOCC3)nc2C1)Cc1ccncc1. The van der Waals surface area contributed by atoms with Gasteiger partial charge in [0.15, 0.2) is 5.89 Å². The topological polar surface area (TPSA) is 71.7 Å². The molecule has 0 spiro atoms. The van der Waals surface area contributed by atoms with Crippen LogP contribution in [0.25, 0.3) is 0 Å². The number of carbonyl (C=O) groups excluding carboxylic acids is 1. The molecule has 144 valence electrons. The Morgan fingerprint density at radius 3 is 2.85 bits per heavy atom. The fourth-order valence-electron chi connectivity index (χ4n) is 3.74. The highest BCUT2D eigenvalue weighted by molar-refractivity contribution is 5.78. The standard InChI is InChI=1S/C20H26N4O3/c1-23(12-15-2-7-21-8-3-15)14-19(25)24-9-4-18-17(13-24)22-20(27-18)16-5-10-26-11-6-16/h2-3,7-8,16H,4-6,9-14H2,1H3. The van der Waals surface area contributed by atoms with Crippen molar-refractivity contribution in [3.05, 3.63) is 47.4 Å². The van der Waals surface area contributed by atoms with E-state index in [9.17, 15) is 4.79 Å². The lowest BCUT2D eigenvalue weighted by Gasteiger charge is -2.27.